The maximum atomic E-state index is 12.1. The van der Waals surface area contributed by atoms with Crippen LogP contribution in [-0.4, -0.2) is 12.0 Å². The highest BCUT2D eigenvalue weighted by molar-refractivity contribution is 5.86. The summed E-state index contributed by atoms with van der Waals surface area (Å²) in [4.78, 5) is 10.8. The van der Waals surface area contributed by atoms with E-state index in [2.05, 4.69) is 0 Å². The number of alkyl halides is 3. The largest absolute Gasteiger partial charge is 0.450 e. The molecule has 1 nitrogen and oxygen atoms in total. The second-order valence-corrected chi connectivity index (χ2v) is 4.05. The van der Waals surface area contributed by atoms with Crippen LogP contribution in [-0.2, 0) is 24.1 Å². The highest BCUT2D eigenvalue weighted by atomic mass is 19.4. The van der Waals surface area contributed by atoms with Crippen LogP contribution in [0.2, 0.25) is 0 Å². The van der Waals surface area contributed by atoms with Crippen LogP contribution >= 0.6 is 0 Å². The molecule has 0 saturated carbocycles. The van der Waals surface area contributed by atoms with Gasteiger partial charge in [-0.1, -0.05) is 18.2 Å². The Bertz CT molecular complexity index is 421. The Balaban J connectivity index is 2.14. The van der Waals surface area contributed by atoms with E-state index in [-0.39, 0.29) is 0 Å². The maximum absolute atomic E-state index is 12.1. The van der Waals surface area contributed by atoms with Crippen molar-refractivity contribution >= 4 is 5.78 Å². The monoisotopic (exact) mass is 228 g/mol. The Hall–Kier alpha value is -1.32. The Morgan fingerprint density at radius 3 is 2.56 bits per heavy atom. The van der Waals surface area contributed by atoms with Crippen LogP contribution in [0.3, 0.4) is 0 Å². The Labute approximate surface area is 91.3 Å². The molecule has 0 aromatic heterocycles. The zero-order valence-electron chi connectivity index (χ0n) is 8.60. The first-order valence-electron chi connectivity index (χ1n) is 5.17. The number of hydrogen-bond acceptors (Lipinski definition) is 1. The van der Waals surface area contributed by atoms with Crippen molar-refractivity contribution in [3.63, 3.8) is 0 Å². The van der Waals surface area contributed by atoms with Gasteiger partial charge in [-0.15, -0.1) is 0 Å². The maximum Gasteiger partial charge on any atom is 0.450 e. The van der Waals surface area contributed by atoms with Gasteiger partial charge in [0.1, 0.15) is 0 Å². The van der Waals surface area contributed by atoms with Gasteiger partial charge in [-0.05, 0) is 36.0 Å². The number of Topliss-reactive ketones (excluding diaryl/α,β-unsaturated/α-hetero) is 1. The van der Waals surface area contributed by atoms with Gasteiger partial charge in [0.15, 0.2) is 0 Å². The highest BCUT2D eigenvalue weighted by Gasteiger charge is 2.37. The van der Waals surface area contributed by atoms with Crippen LogP contribution in [0.5, 0.6) is 0 Å². The van der Waals surface area contributed by atoms with Crippen molar-refractivity contribution in [3.8, 4) is 0 Å². The molecule has 0 amide bonds. The fourth-order valence-corrected chi connectivity index (χ4v) is 2.02. The Morgan fingerprint density at radius 1 is 1.19 bits per heavy atom. The minimum absolute atomic E-state index is 0.461. The fraction of sp³-hybridized carbons (Fsp3) is 0.417. The van der Waals surface area contributed by atoms with Crippen molar-refractivity contribution in [2.45, 2.75) is 31.9 Å². The molecule has 0 radical (unpaired) electrons. The van der Waals surface area contributed by atoms with Gasteiger partial charge in [-0.3, -0.25) is 4.79 Å². The van der Waals surface area contributed by atoms with E-state index in [1.807, 2.05) is 6.07 Å². The number of aryl methyl sites for hydroxylation is 2. The molecule has 4 heteroatoms. The van der Waals surface area contributed by atoms with Gasteiger partial charge in [0.2, 0.25) is 5.78 Å². The first-order chi connectivity index (χ1) is 7.47. The SMILES string of the molecule is O=C(Cc1ccc2c(c1)CCC2)C(F)(F)F. The van der Waals surface area contributed by atoms with Crippen LogP contribution in [0, 0.1) is 0 Å². The number of carbonyl (C=O) groups is 1. The molecule has 1 aromatic rings. The second-order valence-electron chi connectivity index (χ2n) is 4.05. The smallest absolute Gasteiger partial charge is 0.289 e. The summed E-state index contributed by atoms with van der Waals surface area (Å²) < 4.78 is 36.2. The lowest BCUT2D eigenvalue weighted by Crippen LogP contribution is -2.24. The summed E-state index contributed by atoms with van der Waals surface area (Å²) in [6.45, 7) is 0. The molecule has 0 heterocycles. The van der Waals surface area contributed by atoms with Crippen LogP contribution in [0.25, 0.3) is 0 Å². The predicted molar refractivity (Wildman–Crippen MR) is 53.2 cm³/mol. The third-order valence-corrected chi connectivity index (χ3v) is 2.84. The van der Waals surface area contributed by atoms with Crippen LogP contribution in [0.1, 0.15) is 23.1 Å². The molecule has 0 bridgehead atoms. The van der Waals surface area contributed by atoms with Gasteiger partial charge in [-0.2, -0.15) is 13.2 Å². The number of fused-ring (bicyclic) bond motifs is 1. The fourth-order valence-electron chi connectivity index (χ4n) is 2.02. The molecule has 1 aromatic carbocycles. The average molecular weight is 228 g/mol. The lowest BCUT2D eigenvalue weighted by Gasteiger charge is -2.06. The standard InChI is InChI=1S/C12H11F3O/c13-12(14,15)11(16)7-8-4-5-9-2-1-3-10(9)6-8/h4-6H,1-3,7H2. The van der Waals surface area contributed by atoms with Crippen LogP contribution in [0.4, 0.5) is 13.2 Å². The molecule has 0 saturated heterocycles. The van der Waals surface area contributed by atoms with Gasteiger partial charge in [0, 0.05) is 6.42 Å². The summed E-state index contributed by atoms with van der Waals surface area (Å²) in [5, 5.41) is 0. The summed E-state index contributed by atoms with van der Waals surface area (Å²) in [5.74, 6) is -1.68. The molecule has 0 N–H and O–H groups in total. The second kappa shape index (κ2) is 3.92. The topological polar surface area (TPSA) is 17.1 Å². The molecule has 0 fully saturated rings. The average Bonchev–Trinajstić information content (AvgIpc) is 2.63. The minimum atomic E-state index is -4.72. The third-order valence-electron chi connectivity index (χ3n) is 2.84. The molecule has 1 aliphatic carbocycles. The Morgan fingerprint density at radius 2 is 1.88 bits per heavy atom. The molecule has 1 aliphatic rings. The molecular formula is C12H11F3O. The van der Waals surface area contributed by atoms with Crippen molar-refractivity contribution in [1.29, 1.82) is 0 Å². The van der Waals surface area contributed by atoms with Gasteiger partial charge < -0.3 is 0 Å². The lowest BCUT2D eigenvalue weighted by molar-refractivity contribution is -0.170. The van der Waals surface area contributed by atoms with E-state index in [1.165, 1.54) is 5.56 Å². The summed E-state index contributed by atoms with van der Waals surface area (Å²) in [6.07, 6.45) is -2.33. The van der Waals surface area contributed by atoms with E-state index >= 15 is 0 Å². The highest BCUT2D eigenvalue weighted by Crippen LogP contribution is 2.24. The van der Waals surface area contributed by atoms with Crippen molar-refractivity contribution in [2.75, 3.05) is 0 Å². The number of benzene rings is 1. The summed E-state index contributed by atoms with van der Waals surface area (Å²) >= 11 is 0. The van der Waals surface area contributed by atoms with Crippen molar-refractivity contribution in [3.05, 3.63) is 34.9 Å². The number of halogens is 3. The van der Waals surface area contributed by atoms with Gasteiger partial charge >= 0.3 is 6.18 Å². The lowest BCUT2D eigenvalue weighted by atomic mass is 10.0. The van der Waals surface area contributed by atoms with Gasteiger partial charge in [-0.25, -0.2) is 0 Å². The molecule has 0 atom stereocenters. The molecule has 0 unspecified atom stereocenters. The van der Waals surface area contributed by atoms with Crippen molar-refractivity contribution < 1.29 is 18.0 Å². The third kappa shape index (κ3) is 2.26. The van der Waals surface area contributed by atoms with E-state index in [0.717, 1.165) is 24.8 Å². The summed E-state index contributed by atoms with van der Waals surface area (Å²) in [6, 6.07) is 5.18. The first kappa shape index (κ1) is 11.2. The molecular weight excluding hydrogens is 217 g/mol. The molecule has 2 rings (SSSR count). The Kier molecular flexibility index (Phi) is 2.74. The van der Waals surface area contributed by atoms with E-state index in [9.17, 15) is 18.0 Å². The predicted octanol–water partition coefficient (Wildman–Crippen LogP) is 2.85. The number of ketones is 1. The van der Waals surface area contributed by atoms with E-state index in [0.29, 0.717) is 5.56 Å². The summed E-state index contributed by atoms with van der Waals surface area (Å²) in [7, 11) is 0. The number of rotatable bonds is 2. The van der Waals surface area contributed by atoms with Crippen molar-refractivity contribution in [1.82, 2.24) is 0 Å². The van der Waals surface area contributed by atoms with Gasteiger partial charge in [0.25, 0.3) is 0 Å². The molecule has 16 heavy (non-hydrogen) atoms. The molecule has 0 spiro atoms. The van der Waals surface area contributed by atoms with Crippen LogP contribution in [0.15, 0.2) is 18.2 Å². The number of carbonyl (C=O) groups excluding carboxylic acids is 1. The van der Waals surface area contributed by atoms with Crippen LogP contribution < -0.4 is 0 Å². The summed E-state index contributed by atoms with van der Waals surface area (Å²) in [5.41, 5.74) is 2.75. The van der Waals surface area contributed by atoms with Crippen molar-refractivity contribution in [2.24, 2.45) is 0 Å². The number of hydrogen-bond donors (Lipinski definition) is 0. The van der Waals surface area contributed by atoms with E-state index < -0.39 is 18.4 Å². The first-order valence-corrected chi connectivity index (χ1v) is 5.17. The minimum Gasteiger partial charge on any atom is -0.289 e. The van der Waals surface area contributed by atoms with E-state index in [4.69, 9.17) is 0 Å². The zero-order valence-corrected chi connectivity index (χ0v) is 8.60. The van der Waals surface area contributed by atoms with Gasteiger partial charge in [0.05, 0.1) is 0 Å². The zero-order chi connectivity index (χ0) is 11.8. The molecule has 0 aliphatic heterocycles. The normalized spacial score (nSPS) is 14.9. The molecule has 86 valence electrons. The quantitative estimate of drug-likeness (QED) is 0.760. The van der Waals surface area contributed by atoms with E-state index in [1.54, 1.807) is 12.1 Å².